The maximum absolute atomic E-state index is 13.5. The second-order valence-corrected chi connectivity index (χ2v) is 3.14. The Morgan fingerprint density at radius 3 is 2.88 bits per heavy atom. The van der Waals surface area contributed by atoms with Crippen LogP contribution in [0.1, 0.15) is 24.5 Å². The van der Waals surface area contributed by atoms with E-state index in [-0.39, 0.29) is 24.7 Å². The van der Waals surface area contributed by atoms with E-state index in [0.717, 1.165) is 0 Å². The van der Waals surface area contributed by atoms with Crippen molar-refractivity contribution in [2.75, 3.05) is 6.61 Å². The molecule has 0 saturated carbocycles. The van der Waals surface area contributed by atoms with Gasteiger partial charge in [0.05, 0.1) is 6.61 Å². The number of aliphatic hydroxyl groups excluding tert-OH is 1. The van der Waals surface area contributed by atoms with Crippen molar-refractivity contribution in [2.24, 2.45) is 5.73 Å². The summed E-state index contributed by atoms with van der Waals surface area (Å²) in [6.07, 6.45) is -1.97. The lowest BCUT2D eigenvalue weighted by atomic mass is 10.1. The van der Waals surface area contributed by atoms with Crippen LogP contribution < -0.4 is 5.73 Å². The second kappa shape index (κ2) is 5.62. The molecule has 0 amide bonds. The molecule has 0 radical (unpaired) electrons. The predicted molar refractivity (Wildman–Crippen MR) is 53.1 cm³/mol. The largest absolute Gasteiger partial charge is 0.464 e. The van der Waals surface area contributed by atoms with Crippen molar-refractivity contribution in [3.05, 3.63) is 23.7 Å². The lowest BCUT2D eigenvalue weighted by Gasteiger charge is -2.12. The molecule has 1 heterocycles. The number of hydrogen-bond donors (Lipinski definition) is 2. The fourth-order valence-electron chi connectivity index (χ4n) is 1.17. The number of nitrogens with two attached hydrogens (primary N) is 1. The van der Waals surface area contributed by atoms with Crippen molar-refractivity contribution < 1.29 is 23.4 Å². The number of hydrogen-bond acceptors (Lipinski definition) is 5. The van der Waals surface area contributed by atoms with Gasteiger partial charge < -0.3 is 20.0 Å². The molecule has 1 rings (SSSR count). The van der Waals surface area contributed by atoms with Gasteiger partial charge in [-0.15, -0.1) is 0 Å². The highest BCUT2D eigenvalue weighted by Crippen LogP contribution is 2.20. The van der Waals surface area contributed by atoms with Gasteiger partial charge in [0.15, 0.2) is 0 Å². The van der Waals surface area contributed by atoms with E-state index in [9.17, 15) is 9.18 Å². The van der Waals surface area contributed by atoms with Crippen LogP contribution in [0, 0.1) is 0 Å². The second-order valence-electron chi connectivity index (χ2n) is 3.14. The van der Waals surface area contributed by atoms with Gasteiger partial charge in [0.2, 0.25) is 6.17 Å². The van der Waals surface area contributed by atoms with E-state index in [1.54, 1.807) is 6.92 Å². The van der Waals surface area contributed by atoms with Crippen molar-refractivity contribution >= 4 is 5.97 Å². The lowest BCUT2D eigenvalue weighted by Crippen LogP contribution is -2.31. The highest BCUT2D eigenvalue weighted by molar-refractivity contribution is 5.75. The van der Waals surface area contributed by atoms with Gasteiger partial charge in [0, 0.05) is 0 Å². The fraction of sp³-hybridized carbons (Fsp3) is 0.500. The molecular formula is C10H14FNO4. The Labute approximate surface area is 92.0 Å². The first-order valence-electron chi connectivity index (χ1n) is 4.85. The van der Waals surface area contributed by atoms with Gasteiger partial charge in [-0.3, -0.25) is 0 Å². The molecular weight excluding hydrogens is 217 g/mol. The number of rotatable bonds is 5. The van der Waals surface area contributed by atoms with Gasteiger partial charge in [-0.1, -0.05) is 0 Å². The third-order valence-electron chi connectivity index (χ3n) is 1.99. The van der Waals surface area contributed by atoms with E-state index in [4.69, 9.17) is 15.3 Å². The summed E-state index contributed by atoms with van der Waals surface area (Å²) in [5.74, 6) is -0.650. The number of aliphatic hydroxyl groups is 1. The first-order valence-corrected chi connectivity index (χ1v) is 4.85. The molecule has 16 heavy (non-hydrogen) atoms. The van der Waals surface area contributed by atoms with E-state index in [1.807, 2.05) is 0 Å². The first kappa shape index (κ1) is 12.7. The standard InChI is InChI=1S/C10H14FNO4/c1-2-15-10(14)8(11)9(12)7-4-3-6(5-13)16-7/h3-4,8-9,13H,2,5,12H2,1H3/t8?,9-/m0/s1. The van der Waals surface area contributed by atoms with Crippen molar-refractivity contribution in [1.29, 1.82) is 0 Å². The summed E-state index contributed by atoms with van der Waals surface area (Å²) < 4.78 is 23.0. The number of alkyl halides is 1. The van der Waals surface area contributed by atoms with Gasteiger partial charge in [-0.05, 0) is 19.1 Å². The minimum atomic E-state index is -1.97. The van der Waals surface area contributed by atoms with Crippen LogP contribution in [0.25, 0.3) is 0 Å². The minimum Gasteiger partial charge on any atom is -0.464 e. The SMILES string of the molecule is CCOC(=O)C(F)[C@@H](N)c1ccc(CO)o1. The van der Waals surface area contributed by atoms with E-state index in [2.05, 4.69) is 4.74 Å². The average molecular weight is 231 g/mol. The summed E-state index contributed by atoms with van der Waals surface area (Å²) in [6.45, 7) is 1.36. The molecule has 0 aliphatic heterocycles. The molecule has 1 aromatic rings. The van der Waals surface area contributed by atoms with Gasteiger partial charge in [-0.25, -0.2) is 9.18 Å². The van der Waals surface area contributed by atoms with E-state index >= 15 is 0 Å². The van der Waals surface area contributed by atoms with Crippen molar-refractivity contribution in [1.82, 2.24) is 0 Å². The van der Waals surface area contributed by atoms with Crippen LogP contribution in [0.15, 0.2) is 16.5 Å². The topological polar surface area (TPSA) is 85.7 Å². The molecule has 90 valence electrons. The molecule has 0 aliphatic rings. The van der Waals surface area contributed by atoms with Crippen molar-refractivity contribution in [3.8, 4) is 0 Å². The Morgan fingerprint density at radius 2 is 2.38 bits per heavy atom. The Kier molecular flexibility index (Phi) is 4.45. The quantitative estimate of drug-likeness (QED) is 0.727. The molecule has 0 aromatic carbocycles. The van der Waals surface area contributed by atoms with Crippen molar-refractivity contribution in [3.63, 3.8) is 0 Å². The van der Waals surface area contributed by atoms with Crippen LogP contribution in [0.3, 0.4) is 0 Å². The maximum atomic E-state index is 13.5. The van der Waals surface area contributed by atoms with Gasteiger partial charge in [0.1, 0.15) is 24.2 Å². The molecule has 1 unspecified atom stereocenters. The third-order valence-corrected chi connectivity index (χ3v) is 1.99. The Morgan fingerprint density at radius 1 is 1.69 bits per heavy atom. The highest BCUT2D eigenvalue weighted by Gasteiger charge is 2.29. The first-order chi connectivity index (χ1) is 7.60. The summed E-state index contributed by atoms with van der Waals surface area (Å²) in [4.78, 5) is 11.1. The summed E-state index contributed by atoms with van der Waals surface area (Å²) in [5.41, 5.74) is 5.49. The highest BCUT2D eigenvalue weighted by atomic mass is 19.1. The zero-order chi connectivity index (χ0) is 12.1. The Balaban J connectivity index is 2.69. The van der Waals surface area contributed by atoms with Gasteiger partial charge in [0.25, 0.3) is 0 Å². The molecule has 0 bridgehead atoms. The van der Waals surface area contributed by atoms with E-state index in [1.165, 1.54) is 12.1 Å². The van der Waals surface area contributed by atoms with Crippen LogP contribution in [-0.4, -0.2) is 23.9 Å². The van der Waals surface area contributed by atoms with Gasteiger partial charge >= 0.3 is 5.97 Å². The summed E-state index contributed by atoms with van der Waals surface area (Å²) in [5, 5.41) is 8.74. The zero-order valence-electron chi connectivity index (χ0n) is 8.85. The monoisotopic (exact) mass is 231 g/mol. The summed E-state index contributed by atoms with van der Waals surface area (Å²) in [6, 6.07) is 1.66. The molecule has 0 aliphatic carbocycles. The maximum Gasteiger partial charge on any atom is 0.342 e. The molecule has 3 N–H and O–H groups in total. The van der Waals surface area contributed by atoms with Gasteiger partial charge in [-0.2, -0.15) is 0 Å². The Bertz CT molecular complexity index is 352. The number of ether oxygens (including phenoxy) is 1. The molecule has 0 fully saturated rings. The number of halogens is 1. The zero-order valence-corrected chi connectivity index (χ0v) is 8.85. The van der Waals surface area contributed by atoms with Crippen molar-refractivity contribution in [2.45, 2.75) is 25.7 Å². The minimum absolute atomic E-state index is 0.0893. The number of carbonyl (C=O) groups is 1. The predicted octanol–water partition coefficient (Wildman–Crippen LogP) is 0.673. The number of esters is 1. The lowest BCUT2D eigenvalue weighted by molar-refractivity contribution is -0.150. The Hall–Kier alpha value is -1.40. The average Bonchev–Trinajstić information content (AvgIpc) is 2.75. The molecule has 6 heteroatoms. The molecule has 0 saturated heterocycles. The fourth-order valence-corrected chi connectivity index (χ4v) is 1.17. The summed E-state index contributed by atoms with van der Waals surface area (Å²) >= 11 is 0. The molecule has 0 spiro atoms. The van der Waals surface area contributed by atoms with Crippen LogP contribution in [0.2, 0.25) is 0 Å². The number of carbonyl (C=O) groups excluding carboxylic acids is 1. The third kappa shape index (κ3) is 2.80. The summed E-state index contributed by atoms with van der Waals surface area (Å²) in [7, 11) is 0. The molecule has 1 aromatic heterocycles. The normalized spacial score (nSPS) is 14.5. The van der Waals surface area contributed by atoms with Crippen LogP contribution in [-0.2, 0) is 16.1 Å². The molecule has 2 atom stereocenters. The van der Waals surface area contributed by atoms with Crippen LogP contribution in [0.5, 0.6) is 0 Å². The van der Waals surface area contributed by atoms with E-state index < -0.39 is 18.2 Å². The van der Waals surface area contributed by atoms with Crippen LogP contribution in [0.4, 0.5) is 4.39 Å². The van der Waals surface area contributed by atoms with Crippen LogP contribution >= 0.6 is 0 Å². The number of furan rings is 1. The van der Waals surface area contributed by atoms with E-state index in [0.29, 0.717) is 0 Å². The molecule has 5 nitrogen and oxygen atoms in total. The smallest absolute Gasteiger partial charge is 0.342 e.